The second kappa shape index (κ2) is 12.8. The molecule has 3 heterocycles. The van der Waals surface area contributed by atoms with Crippen molar-refractivity contribution in [2.24, 2.45) is 0 Å². The first-order valence-corrected chi connectivity index (χ1v) is 13.3. The Morgan fingerprint density at radius 1 is 1.21 bits per heavy atom. The van der Waals surface area contributed by atoms with Crippen LogP contribution in [0.5, 0.6) is 11.6 Å². The number of piperazine rings is 1. The molecule has 2 aromatic rings. The van der Waals surface area contributed by atoms with Gasteiger partial charge in [0.05, 0.1) is 23.6 Å². The van der Waals surface area contributed by atoms with E-state index in [-0.39, 0.29) is 18.8 Å². The topological polar surface area (TPSA) is 94.4 Å². The second-order valence-electron chi connectivity index (χ2n) is 10.1. The van der Waals surface area contributed by atoms with Gasteiger partial charge in [-0.15, -0.1) is 0 Å². The van der Waals surface area contributed by atoms with E-state index in [1.807, 2.05) is 50.2 Å². The maximum Gasteiger partial charge on any atom is 0.246 e. The van der Waals surface area contributed by atoms with Crippen LogP contribution in [0.3, 0.4) is 0 Å². The van der Waals surface area contributed by atoms with Crippen molar-refractivity contribution in [3.63, 3.8) is 0 Å². The summed E-state index contributed by atoms with van der Waals surface area (Å²) in [5.74, 6) is 1.03. The fourth-order valence-corrected chi connectivity index (χ4v) is 5.26. The van der Waals surface area contributed by atoms with Crippen molar-refractivity contribution < 1.29 is 19.0 Å². The molecule has 0 N–H and O–H groups in total. The lowest BCUT2D eigenvalue weighted by Crippen LogP contribution is -2.49. The van der Waals surface area contributed by atoms with Gasteiger partial charge in [-0.2, -0.15) is 5.26 Å². The first-order chi connectivity index (χ1) is 18.9. The molecule has 0 spiro atoms. The Hall–Kier alpha value is -3.81. The van der Waals surface area contributed by atoms with Crippen LogP contribution in [-0.4, -0.2) is 94.1 Å². The molecule has 10 heteroatoms. The molecule has 1 amide bonds. The molecule has 39 heavy (non-hydrogen) atoms. The third-order valence-electron chi connectivity index (χ3n) is 6.96. The zero-order valence-electron chi connectivity index (χ0n) is 23.4. The maximum absolute atomic E-state index is 12.2. The van der Waals surface area contributed by atoms with Crippen LogP contribution < -0.4 is 19.3 Å². The highest BCUT2D eigenvalue weighted by atomic mass is 16.7. The minimum Gasteiger partial charge on any atom is -0.472 e. The van der Waals surface area contributed by atoms with Crippen LogP contribution in [0.25, 0.3) is 0 Å². The van der Waals surface area contributed by atoms with Crippen LogP contribution in [-0.2, 0) is 22.5 Å². The number of nitriles is 1. The summed E-state index contributed by atoms with van der Waals surface area (Å²) in [4.78, 5) is 25.4. The summed E-state index contributed by atoms with van der Waals surface area (Å²) in [6.07, 6.45) is 1.91. The van der Waals surface area contributed by atoms with Gasteiger partial charge in [0, 0.05) is 51.9 Å². The van der Waals surface area contributed by atoms with Gasteiger partial charge in [0.1, 0.15) is 23.5 Å². The Bertz CT molecular complexity index is 1220. The van der Waals surface area contributed by atoms with Gasteiger partial charge in [-0.25, -0.2) is 4.98 Å². The number of amides is 1. The Labute approximate surface area is 231 Å². The zero-order chi connectivity index (χ0) is 27.9. The number of hydrogen-bond acceptors (Lipinski definition) is 9. The highest BCUT2D eigenvalue weighted by molar-refractivity contribution is 5.87. The van der Waals surface area contributed by atoms with Gasteiger partial charge in [0.15, 0.2) is 6.79 Å². The first-order valence-electron chi connectivity index (χ1n) is 13.3. The van der Waals surface area contributed by atoms with Gasteiger partial charge in [-0.1, -0.05) is 18.7 Å². The average molecular weight is 535 g/mol. The van der Waals surface area contributed by atoms with Crippen molar-refractivity contribution in [3.8, 4) is 17.7 Å². The Morgan fingerprint density at radius 2 is 1.95 bits per heavy atom. The Kier molecular flexibility index (Phi) is 9.28. The molecule has 2 aliphatic rings. The summed E-state index contributed by atoms with van der Waals surface area (Å²) in [6, 6.07) is 10.3. The van der Waals surface area contributed by atoms with E-state index in [9.17, 15) is 10.1 Å². The number of likely N-dealkylation sites (N-methyl/N-ethyl adjacent to an activating group) is 1. The van der Waals surface area contributed by atoms with Gasteiger partial charge in [-0.3, -0.25) is 4.79 Å². The second-order valence-corrected chi connectivity index (χ2v) is 10.1. The summed E-state index contributed by atoms with van der Waals surface area (Å²) in [5, 5.41) is 10.3. The molecule has 10 nitrogen and oxygen atoms in total. The minimum atomic E-state index is -0.157. The molecule has 1 aromatic heterocycles. The van der Waals surface area contributed by atoms with Crippen molar-refractivity contribution in [2.45, 2.75) is 26.0 Å². The molecule has 1 atom stereocenters. The molecule has 1 fully saturated rings. The molecular weight excluding hydrogens is 496 g/mol. The van der Waals surface area contributed by atoms with Crippen molar-refractivity contribution in [1.82, 2.24) is 14.8 Å². The number of carbonyl (C=O) groups excluding carboxylic acids is 1. The van der Waals surface area contributed by atoms with Crippen molar-refractivity contribution >= 4 is 17.3 Å². The van der Waals surface area contributed by atoms with E-state index in [1.165, 1.54) is 6.08 Å². The van der Waals surface area contributed by atoms with Gasteiger partial charge >= 0.3 is 0 Å². The third-order valence-corrected chi connectivity index (χ3v) is 6.96. The number of pyridine rings is 1. The number of fused-ring (bicyclic) bond motifs is 1. The van der Waals surface area contributed by atoms with Crippen LogP contribution in [0.4, 0.5) is 11.4 Å². The molecule has 1 saturated heterocycles. The van der Waals surface area contributed by atoms with Crippen molar-refractivity contribution in [2.75, 3.05) is 77.1 Å². The lowest BCUT2D eigenvalue weighted by molar-refractivity contribution is -0.126. The van der Waals surface area contributed by atoms with Crippen LogP contribution >= 0.6 is 0 Å². The number of benzene rings is 1. The molecule has 1 aromatic carbocycles. The third kappa shape index (κ3) is 6.44. The average Bonchev–Trinajstić information content (AvgIpc) is 2.94. The molecule has 0 bridgehead atoms. The predicted octanol–water partition coefficient (Wildman–Crippen LogP) is 2.66. The summed E-state index contributed by atoms with van der Waals surface area (Å²) in [5.41, 5.74) is 4.25. The zero-order valence-corrected chi connectivity index (χ0v) is 23.4. The number of nitrogens with zero attached hydrogens (tertiary/aromatic N) is 6. The van der Waals surface area contributed by atoms with Crippen LogP contribution in [0, 0.1) is 11.3 Å². The smallest absolute Gasteiger partial charge is 0.246 e. The summed E-state index contributed by atoms with van der Waals surface area (Å²) < 4.78 is 17.3. The van der Waals surface area contributed by atoms with Gasteiger partial charge in [0.2, 0.25) is 11.8 Å². The summed E-state index contributed by atoms with van der Waals surface area (Å²) >= 11 is 0. The number of para-hydroxylation sites is 2. The van der Waals surface area contributed by atoms with Gasteiger partial charge in [-0.05, 0) is 45.6 Å². The van der Waals surface area contributed by atoms with Crippen LogP contribution in [0.2, 0.25) is 0 Å². The minimum absolute atomic E-state index is 0.0709. The van der Waals surface area contributed by atoms with E-state index >= 15 is 0 Å². The number of ether oxygens (including phenoxy) is 3. The highest BCUT2D eigenvalue weighted by Gasteiger charge is 2.32. The quantitative estimate of drug-likeness (QED) is 0.337. The molecule has 0 saturated carbocycles. The van der Waals surface area contributed by atoms with E-state index in [1.54, 1.807) is 12.0 Å². The fourth-order valence-electron chi connectivity index (χ4n) is 5.26. The standard InChI is InChI=1S/C29H38N6O4/c1-6-27(36)33-13-15-34(16-14-33)28-22-11-12-35(25-9-7-8-10-26(25)38-20-37-5)19-24(22)31-29(23(28)17-30)39-21(2)18-32(3)4/h6-10,21H,1,11-16,18-20H2,2-5H3. The van der Waals surface area contributed by atoms with E-state index in [4.69, 9.17) is 19.2 Å². The molecule has 2 aliphatic heterocycles. The first kappa shape index (κ1) is 28.2. The lowest BCUT2D eigenvalue weighted by atomic mass is 9.97. The van der Waals surface area contributed by atoms with Crippen molar-refractivity contribution in [3.05, 3.63) is 53.7 Å². The Morgan fingerprint density at radius 3 is 2.62 bits per heavy atom. The van der Waals surface area contributed by atoms with Crippen LogP contribution in [0.15, 0.2) is 36.9 Å². The molecule has 0 radical (unpaired) electrons. The number of anilines is 2. The number of hydrogen-bond donors (Lipinski definition) is 0. The maximum atomic E-state index is 12.2. The van der Waals surface area contributed by atoms with E-state index in [2.05, 4.69) is 22.4 Å². The monoisotopic (exact) mass is 534 g/mol. The predicted molar refractivity (Wildman–Crippen MR) is 150 cm³/mol. The number of carbonyl (C=O) groups is 1. The van der Waals surface area contributed by atoms with Crippen molar-refractivity contribution in [1.29, 1.82) is 5.26 Å². The van der Waals surface area contributed by atoms with E-state index < -0.39 is 0 Å². The van der Waals surface area contributed by atoms with E-state index in [0.29, 0.717) is 57.1 Å². The molecule has 4 rings (SSSR count). The number of rotatable bonds is 10. The summed E-state index contributed by atoms with van der Waals surface area (Å²) in [6.45, 7) is 10.1. The Balaban J connectivity index is 1.71. The van der Waals surface area contributed by atoms with E-state index in [0.717, 1.165) is 34.9 Å². The largest absolute Gasteiger partial charge is 0.472 e. The number of methoxy groups -OCH3 is 1. The SMILES string of the molecule is C=CC(=O)N1CCN(c2c(C#N)c(OC(C)CN(C)C)nc3c2CCN(c2ccccc2OCOC)C3)CC1. The summed E-state index contributed by atoms with van der Waals surface area (Å²) in [7, 11) is 5.58. The normalized spacial score (nSPS) is 15.9. The highest BCUT2D eigenvalue weighted by Crippen LogP contribution is 2.39. The van der Waals surface area contributed by atoms with Gasteiger partial charge < -0.3 is 33.8 Å². The lowest BCUT2D eigenvalue weighted by Gasteiger charge is -2.39. The molecule has 208 valence electrons. The van der Waals surface area contributed by atoms with Gasteiger partial charge in [0.25, 0.3) is 0 Å². The fraction of sp³-hybridized carbons (Fsp3) is 0.483. The number of aromatic nitrogens is 1. The molecular formula is C29H38N6O4. The molecule has 0 aliphatic carbocycles. The molecule has 1 unspecified atom stereocenters. The van der Waals surface area contributed by atoms with Crippen LogP contribution in [0.1, 0.15) is 23.7 Å².